The normalized spacial score (nSPS) is 11.8. The smallest absolute Gasteiger partial charge is 0.303 e. The quantitative estimate of drug-likeness (QED) is 0.574. The number of nitro benzene ring substituents is 1. The van der Waals surface area contributed by atoms with E-state index in [1.807, 2.05) is 6.92 Å². The molecule has 6 nitrogen and oxygen atoms in total. The highest BCUT2D eigenvalue weighted by Gasteiger charge is 2.07. The molecule has 0 aliphatic heterocycles. The SMILES string of the molecule is CC(CCC(=O)O)CNc1ccc([N+](=O)[O-])cc1. The molecule has 0 fully saturated rings. The van der Waals surface area contributed by atoms with Crippen LogP contribution in [-0.2, 0) is 4.79 Å². The second-order valence-electron chi connectivity index (χ2n) is 4.22. The molecular weight excluding hydrogens is 236 g/mol. The highest BCUT2D eigenvalue weighted by Crippen LogP contribution is 2.16. The van der Waals surface area contributed by atoms with Crippen molar-refractivity contribution >= 4 is 17.3 Å². The average Bonchev–Trinajstić information content (AvgIpc) is 2.34. The van der Waals surface area contributed by atoms with Crippen molar-refractivity contribution in [1.82, 2.24) is 0 Å². The first-order valence-electron chi connectivity index (χ1n) is 5.69. The lowest BCUT2D eigenvalue weighted by molar-refractivity contribution is -0.384. The minimum Gasteiger partial charge on any atom is -0.481 e. The summed E-state index contributed by atoms with van der Waals surface area (Å²) in [5.41, 5.74) is 0.849. The Labute approximate surface area is 105 Å². The molecule has 0 heterocycles. The fraction of sp³-hybridized carbons (Fsp3) is 0.417. The van der Waals surface area contributed by atoms with Crippen LogP contribution < -0.4 is 5.32 Å². The molecule has 0 bridgehead atoms. The molecule has 0 radical (unpaired) electrons. The van der Waals surface area contributed by atoms with Crippen molar-refractivity contribution < 1.29 is 14.8 Å². The molecule has 1 aromatic rings. The Morgan fingerprint density at radius 1 is 1.44 bits per heavy atom. The van der Waals surface area contributed by atoms with Gasteiger partial charge in [-0.2, -0.15) is 0 Å². The molecule has 0 aromatic heterocycles. The number of nitrogens with zero attached hydrogens (tertiary/aromatic N) is 1. The highest BCUT2D eigenvalue weighted by molar-refractivity contribution is 5.66. The van der Waals surface area contributed by atoms with Crippen molar-refractivity contribution in [3.63, 3.8) is 0 Å². The summed E-state index contributed by atoms with van der Waals surface area (Å²) in [6, 6.07) is 6.15. The predicted octanol–water partition coefficient (Wildman–Crippen LogP) is 2.51. The van der Waals surface area contributed by atoms with Crippen LogP contribution in [0.15, 0.2) is 24.3 Å². The molecule has 2 N–H and O–H groups in total. The third-order valence-corrected chi connectivity index (χ3v) is 2.58. The molecule has 98 valence electrons. The van der Waals surface area contributed by atoms with Gasteiger partial charge in [-0.25, -0.2) is 0 Å². The van der Waals surface area contributed by atoms with E-state index in [2.05, 4.69) is 5.32 Å². The second-order valence-corrected chi connectivity index (χ2v) is 4.22. The number of rotatable bonds is 7. The van der Waals surface area contributed by atoms with Crippen LogP contribution in [0, 0.1) is 16.0 Å². The van der Waals surface area contributed by atoms with Crippen molar-refractivity contribution in [3.8, 4) is 0 Å². The Morgan fingerprint density at radius 2 is 2.06 bits per heavy atom. The lowest BCUT2D eigenvalue weighted by Gasteiger charge is -2.12. The molecule has 0 saturated carbocycles. The van der Waals surface area contributed by atoms with Gasteiger partial charge in [0.05, 0.1) is 4.92 Å². The molecule has 0 spiro atoms. The fourth-order valence-corrected chi connectivity index (χ4v) is 1.47. The van der Waals surface area contributed by atoms with E-state index in [-0.39, 0.29) is 18.0 Å². The molecule has 1 rings (SSSR count). The fourth-order valence-electron chi connectivity index (χ4n) is 1.47. The molecule has 1 atom stereocenters. The summed E-state index contributed by atoms with van der Waals surface area (Å²) in [5.74, 6) is -0.562. The molecule has 6 heteroatoms. The minimum atomic E-state index is -0.794. The van der Waals surface area contributed by atoms with Gasteiger partial charge < -0.3 is 10.4 Å². The Hall–Kier alpha value is -2.11. The maximum absolute atomic E-state index is 10.5. The van der Waals surface area contributed by atoms with E-state index >= 15 is 0 Å². The monoisotopic (exact) mass is 252 g/mol. The van der Waals surface area contributed by atoms with E-state index in [1.54, 1.807) is 12.1 Å². The largest absolute Gasteiger partial charge is 0.481 e. The topological polar surface area (TPSA) is 92.5 Å². The van der Waals surface area contributed by atoms with Crippen LogP contribution in [0.1, 0.15) is 19.8 Å². The molecule has 0 aliphatic carbocycles. The van der Waals surface area contributed by atoms with E-state index in [0.29, 0.717) is 13.0 Å². The van der Waals surface area contributed by atoms with E-state index in [0.717, 1.165) is 5.69 Å². The van der Waals surface area contributed by atoms with Gasteiger partial charge in [-0.15, -0.1) is 0 Å². The first kappa shape index (κ1) is 14.0. The van der Waals surface area contributed by atoms with E-state index < -0.39 is 10.9 Å². The molecular formula is C12H16N2O4. The molecule has 18 heavy (non-hydrogen) atoms. The summed E-state index contributed by atoms with van der Waals surface area (Å²) in [5, 5.41) is 22.1. The number of benzene rings is 1. The van der Waals surface area contributed by atoms with Crippen molar-refractivity contribution in [1.29, 1.82) is 0 Å². The lowest BCUT2D eigenvalue weighted by atomic mass is 10.1. The van der Waals surface area contributed by atoms with Crippen molar-refractivity contribution in [2.24, 2.45) is 5.92 Å². The minimum absolute atomic E-state index is 0.0551. The van der Waals surface area contributed by atoms with Gasteiger partial charge in [0.2, 0.25) is 0 Å². The van der Waals surface area contributed by atoms with Crippen molar-refractivity contribution in [3.05, 3.63) is 34.4 Å². The van der Waals surface area contributed by atoms with Gasteiger partial charge in [0, 0.05) is 30.8 Å². The van der Waals surface area contributed by atoms with E-state index in [1.165, 1.54) is 12.1 Å². The number of nitro groups is 1. The number of hydrogen-bond donors (Lipinski definition) is 2. The van der Waals surface area contributed by atoms with Crippen LogP contribution in [0.2, 0.25) is 0 Å². The van der Waals surface area contributed by atoms with Crippen molar-refractivity contribution in [2.45, 2.75) is 19.8 Å². The summed E-state index contributed by atoms with van der Waals surface area (Å²) < 4.78 is 0. The zero-order valence-electron chi connectivity index (χ0n) is 10.1. The van der Waals surface area contributed by atoms with Crippen LogP contribution in [0.5, 0.6) is 0 Å². The summed E-state index contributed by atoms with van der Waals surface area (Å²) >= 11 is 0. The lowest BCUT2D eigenvalue weighted by Crippen LogP contribution is -2.12. The second kappa shape index (κ2) is 6.58. The van der Waals surface area contributed by atoms with Gasteiger partial charge >= 0.3 is 5.97 Å². The van der Waals surface area contributed by atoms with E-state index in [9.17, 15) is 14.9 Å². The van der Waals surface area contributed by atoms with Crippen molar-refractivity contribution in [2.75, 3.05) is 11.9 Å². The van der Waals surface area contributed by atoms with Crippen LogP contribution in [0.3, 0.4) is 0 Å². The average molecular weight is 252 g/mol. The van der Waals surface area contributed by atoms with Crippen LogP contribution in [0.4, 0.5) is 11.4 Å². The third-order valence-electron chi connectivity index (χ3n) is 2.58. The van der Waals surface area contributed by atoms with Gasteiger partial charge in [0.1, 0.15) is 0 Å². The van der Waals surface area contributed by atoms with Gasteiger partial charge in [-0.3, -0.25) is 14.9 Å². The summed E-state index contributed by atoms with van der Waals surface area (Å²) in [7, 11) is 0. The molecule has 0 amide bonds. The van der Waals surface area contributed by atoms with Gasteiger partial charge in [-0.1, -0.05) is 6.92 Å². The molecule has 0 aliphatic rings. The molecule has 1 unspecified atom stereocenters. The number of aliphatic carboxylic acids is 1. The van der Waals surface area contributed by atoms with Gasteiger partial charge in [-0.05, 0) is 24.5 Å². The number of anilines is 1. The summed E-state index contributed by atoms with van der Waals surface area (Å²) in [6.45, 7) is 2.60. The maximum Gasteiger partial charge on any atom is 0.303 e. The number of non-ortho nitro benzene ring substituents is 1. The summed E-state index contributed by atoms with van der Waals surface area (Å²) in [6.07, 6.45) is 0.762. The predicted molar refractivity (Wildman–Crippen MR) is 67.6 cm³/mol. The Kier molecular flexibility index (Phi) is 5.10. The van der Waals surface area contributed by atoms with E-state index in [4.69, 9.17) is 5.11 Å². The zero-order valence-corrected chi connectivity index (χ0v) is 10.1. The number of carboxylic acid groups (broad SMARTS) is 1. The Bertz CT molecular complexity index is 417. The number of carbonyl (C=O) groups is 1. The first-order valence-corrected chi connectivity index (χ1v) is 5.69. The van der Waals surface area contributed by atoms with Crippen LogP contribution in [-0.4, -0.2) is 22.5 Å². The summed E-state index contributed by atoms with van der Waals surface area (Å²) in [4.78, 5) is 20.4. The number of hydrogen-bond acceptors (Lipinski definition) is 4. The molecule has 1 aromatic carbocycles. The van der Waals surface area contributed by atoms with Gasteiger partial charge in [0.15, 0.2) is 0 Å². The first-order chi connectivity index (χ1) is 8.49. The third kappa shape index (κ3) is 4.82. The van der Waals surface area contributed by atoms with Crippen LogP contribution in [0.25, 0.3) is 0 Å². The van der Waals surface area contributed by atoms with Gasteiger partial charge in [0.25, 0.3) is 5.69 Å². The Morgan fingerprint density at radius 3 is 2.56 bits per heavy atom. The maximum atomic E-state index is 10.5. The number of carboxylic acids is 1. The number of nitrogens with one attached hydrogen (secondary N) is 1. The van der Waals surface area contributed by atoms with Crippen LogP contribution >= 0.6 is 0 Å². The Balaban J connectivity index is 2.39. The standard InChI is InChI=1S/C12H16N2O4/c1-9(2-7-12(15)16)8-13-10-3-5-11(6-4-10)14(17)18/h3-6,9,13H,2,7-8H2,1H3,(H,15,16). The zero-order chi connectivity index (χ0) is 13.5. The molecule has 0 saturated heterocycles. The highest BCUT2D eigenvalue weighted by atomic mass is 16.6.